The van der Waals surface area contributed by atoms with E-state index in [2.05, 4.69) is 10.3 Å². The zero-order valence-electron chi connectivity index (χ0n) is 19.3. The predicted molar refractivity (Wildman–Crippen MR) is 138 cm³/mol. The third-order valence-corrected chi connectivity index (χ3v) is 6.43. The molecule has 176 valence electrons. The molecule has 0 aliphatic carbocycles. The lowest BCUT2D eigenvalue weighted by Crippen LogP contribution is -2.12. The molecule has 0 saturated carbocycles. The van der Waals surface area contributed by atoms with Crippen molar-refractivity contribution in [1.29, 1.82) is 0 Å². The quantitative estimate of drug-likeness (QED) is 0.282. The zero-order chi connectivity index (χ0) is 24.4. The number of carbonyl (C=O) groups is 1. The Labute approximate surface area is 205 Å². The lowest BCUT2D eigenvalue weighted by molar-refractivity contribution is 0.102. The van der Waals surface area contributed by atoms with Crippen LogP contribution in [0.15, 0.2) is 72.8 Å². The van der Waals surface area contributed by atoms with Crippen LogP contribution >= 0.6 is 11.3 Å². The number of thiazole rings is 1. The summed E-state index contributed by atoms with van der Waals surface area (Å²) in [5.41, 5.74) is 1.11. The number of nitrogens with zero attached hydrogens (tertiary/aromatic N) is 1. The van der Waals surface area contributed by atoms with Crippen LogP contribution in [0, 0.1) is 0 Å². The third kappa shape index (κ3) is 4.56. The number of ether oxygens (including phenoxy) is 4. The van der Waals surface area contributed by atoms with Gasteiger partial charge in [0.25, 0.3) is 5.91 Å². The Hall–Kier alpha value is -4.30. The van der Waals surface area contributed by atoms with Crippen LogP contribution in [0.3, 0.4) is 0 Å². The van der Waals surface area contributed by atoms with Crippen molar-refractivity contribution in [1.82, 2.24) is 4.98 Å². The normalized spacial score (nSPS) is 10.8. The standard InChI is InChI=1S/C27H22N2O5S/c1-31-18-10-8-17-13-19(11-9-16(17)12-18)34-22-7-5-4-6-20(22)26(30)29-27-28-21-14-23(32-2)24(33-3)15-25(21)35-27/h4-15H,1-3H3,(H,28,29,30). The van der Waals surface area contributed by atoms with Crippen LogP contribution in [0.5, 0.6) is 28.7 Å². The second-order valence-electron chi connectivity index (χ2n) is 7.62. The first-order chi connectivity index (χ1) is 17.1. The van der Waals surface area contributed by atoms with Crippen LogP contribution in [0.1, 0.15) is 10.4 Å². The fraction of sp³-hybridized carbons (Fsp3) is 0.111. The molecule has 1 aromatic heterocycles. The van der Waals surface area contributed by atoms with Crippen molar-refractivity contribution in [3.8, 4) is 28.7 Å². The summed E-state index contributed by atoms with van der Waals surface area (Å²) in [5.74, 6) is 2.73. The predicted octanol–water partition coefficient (Wildman–Crippen LogP) is 6.52. The number of rotatable bonds is 7. The highest BCUT2D eigenvalue weighted by molar-refractivity contribution is 7.22. The molecule has 0 bridgehead atoms. The molecule has 0 atom stereocenters. The maximum Gasteiger partial charge on any atom is 0.261 e. The summed E-state index contributed by atoms with van der Waals surface area (Å²) in [5, 5.41) is 5.39. The molecule has 1 amide bonds. The molecule has 0 spiro atoms. The number of nitrogens with one attached hydrogen (secondary N) is 1. The highest BCUT2D eigenvalue weighted by Crippen LogP contribution is 2.36. The molecule has 0 aliphatic rings. The highest BCUT2D eigenvalue weighted by atomic mass is 32.1. The average Bonchev–Trinajstić information content (AvgIpc) is 3.28. The van der Waals surface area contributed by atoms with E-state index in [9.17, 15) is 4.79 Å². The Bertz CT molecular complexity index is 1500. The van der Waals surface area contributed by atoms with E-state index in [-0.39, 0.29) is 5.91 Å². The highest BCUT2D eigenvalue weighted by Gasteiger charge is 2.17. The number of anilines is 1. The summed E-state index contributed by atoms with van der Waals surface area (Å²) in [6.45, 7) is 0. The van der Waals surface area contributed by atoms with Gasteiger partial charge in [-0.05, 0) is 47.2 Å². The van der Waals surface area contributed by atoms with Crippen LogP contribution < -0.4 is 24.3 Å². The molecule has 0 aliphatic heterocycles. The first-order valence-electron chi connectivity index (χ1n) is 10.8. The molecule has 35 heavy (non-hydrogen) atoms. The lowest BCUT2D eigenvalue weighted by atomic mass is 10.1. The molecule has 0 fully saturated rings. The fourth-order valence-corrected chi connectivity index (χ4v) is 4.61. The maximum absolute atomic E-state index is 13.1. The number of carbonyl (C=O) groups excluding carboxylic acids is 1. The van der Waals surface area contributed by atoms with E-state index in [0.717, 1.165) is 21.2 Å². The molecule has 1 heterocycles. The fourth-order valence-electron chi connectivity index (χ4n) is 3.74. The molecule has 5 rings (SSSR count). The summed E-state index contributed by atoms with van der Waals surface area (Å²) < 4.78 is 23.0. The molecule has 0 radical (unpaired) electrons. The Morgan fingerprint density at radius 3 is 2.20 bits per heavy atom. The van der Waals surface area contributed by atoms with Crippen LogP contribution in [0.25, 0.3) is 21.0 Å². The minimum atomic E-state index is -0.316. The van der Waals surface area contributed by atoms with Gasteiger partial charge in [0, 0.05) is 12.1 Å². The van der Waals surface area contributed by atoms with Crippen LogP contribution in [-0.4, -0.2) is 32.2 Å². The van der Waals surface area contributed by atoms with Crippen molar-refractivity contribution in [3.05, 3.63) is 78.4 Å². The van der Waals surface area contributed by atoms with Gasteiger partial charge in [-0.25, -0.2) is 4.98 Å². The average molecular weight is 487 g/mol. The third-order valence-electron chi connectivity index (χ3n) is 5.49. The monoisotopic (exact) mass is 486 g/mol. The van der Waals surface area contributed by atoms with E-state index in [0.29, 0.717) is 39.2 Å². The van der Waals surface area contributed by atoms with Gasteiger partial charge in [-0.15, -0.1) is 0 Å². The van der Waals surface area contributed by atoms with Crippen molar-refractivity contribution < 1.29 is 23.7 Å². The maximum atomic E-state index is 13.1. The van der Waals surface area contributed by atoms with E-state index in [1.54, 1.807) is 45.6 Å². The molecule has 4 aromatic carbocycles. The van der Waals surface area contributed by atoms with E-state index in [1.807, 2.05) is 48.5 Å². The van der Waals surface area contributed by atoms with Gasteiger partial charge in [0.15, 0.2) is 16.6 Å². The summed E-state index contributed by atoms with van der Waals surface area (Å²) in [4.78, 5) is 17.7. The van der Waals surface area contributed by atoms with Crippen LogP contribution in [0.2, 0.25) is 0 Å². The van der Waals surface area contributed by atoms with Gasteiger partial charge >= 0.3 is 0 Å². The Balaban J connectivity index is 1.39. The lowest BCUT2D eigenvalue weighted by Gasteiger charge is -2.11. The molecule has 0 unspecified atom stereocenters. The number of amides is 1. The number of hydrogen-bond acceptors (Lipinski definition) is 7. The SMILES string of the molecule is COc1ccc2cc(Oc3ccccc3C(=O)Nc3nc4cc(OC)c(OC)cc4s3)ccc2c1. The van der Waals surface area contributed by atoms with E-state index in [1.165, 1.54) is 11.3 Å². The number of fused-ring (bicyclic) bond motifs is 2. The van der Waals surface area contributed by atoms with Gasteiger partial charge in [-0.3, -0.25) is 10.1 Å². The zero-order valence-corrected chi connectivity index (χ0v) is 20.1. The second kappa shape index (κ2) is 9.52. The van der Waals surface area contributed by atoms with Crippen molar-refractivity contribution >= 4 is 43.4 Å². The van der Waals surface area contributed by atoms with Crippen molar-refractivity contribution in [2.24, 2.45) is 0 Å². The smallest absolute Gasteiger partial charge is 0.261 e. The topological polar surface area (TPSA) is 78.9 Å². The van der Waals surface area contributed by atoms with Crippen molar-refractivity contribution in [2.45, 2.75) is 0 Å². The molecule has 0 saturated heterocycles. The second-order valence-corrected chi connectivity index (χ2v) is 8.65. The van der Waals surface area contributed by atoms with Gasteiger partial charge in [-0.1, -0.05) is 35.6 Å². The van der Waals surface area contributed by atoms with Crippen LogP contribution in [-0.2, 0) is 0 Å². The first kappa shape index (κ1) is 22.5. The molecule has 1 N–H and O–H groups in total. The van der Waals surface area contributed by atoms with Gasteiger partial charge in [-0.2, -0.15) is 0 Å². The van der Waals surface area contributed by atoms with Gasteiger partial charge < -0.3 is 18.9 Å². The minimum absolute atomic E-state index is 0.316. The van der Waals surface area contributed by atoms with Crippen molar-refractivity contribution in [3.63, 3.8) is 0 Å². The largest absolute Gasteiger partial charge is 0.497 e. The van der Waals surface area contributed by atoms with Gasteiger partial charge in [0.05, 0.1) is 37.1 Å². The number of para-hydroxylation sites is 1. The summed E-state index contributed by atoms with van der Waals surface area (Å²) in [6.07, 6.45) is 0. The van der Waals surface area contributed by atoms with E-state index >= 15 is 0 Å². The number of aromatic nitrogens is 1. The Morgan fingerprint density at radius 2 is 1.46 bits per heavy atom. The number of methoxy groups -OCH3 is 3. The molecule has 8 heteroatoms. The van der Waals surface area contributed by atoms with E-state index < -0.39 is 0 Å². The molecular weight excluding hydrogens is 464 g/mol. The number of benzene rings is 4. The minimum Gasteiger partial charge on any atom is -0.497 e. The summed E-state index contributed by atoms with van der Waals surface area (Å²) >= 11 is 1.35. The molecule has 7 nitrogen and oxygen atoms in total. The Kier molecular flexibility index (Phi) is 6.12. The molecule has 5 aromatic rings. The summed E-state index contributed by atoms with van der Waals surface area (Å²) in [6, 6.07) is 22.3. The van der Waals surface area contributed by atoms with Crippen LogP contribution in [0.4, 0.5) is 5.13 Å². The summed E-state index contributed by atoms with van der Waals surface area (Å²) in [7, 11) is 4.79. The first-order valence-corrected chi connectivity index (χ1v) is 11.6. The molecular formula is C27H22N2O5S. The number of hydrogen-bond donors (Lipinski definition) is 1. The van der Waals surface area contributed by atoms with E-state index in [4.69, 9.17) is 18.9 Å². The van der Waals surface area contributed by atoms with Gasteiger partial charge in [0.1, 0.15) is 17.2 Å². The van der Waals surface area contributed by atoms with Crippen molar-refractivity contribution in [2.75, 3.05) is 26.6 Å². The Morgan fingerprint density at radius 1 is 0.771 bits per heavy atom. The van der Waals surface area contributed by atoms with Gasteiger partial charge in [0.2, 0.25) is 0 Å².